The fourth-order valence-electron chi connectivity index (χ4n) is 3.41. The lowest BCUT2D eigenvalue weighted by molar-refractivity contribution is 0.0784. The highest BCUT2D eigenvalue weighted by atomic mass is 32.1. The van der Waals surface area contributed by atoms with Crippen molar-refractivity contribution in [2.75, 3.05) is 19.6 Å². The van der Waals surface area contributed by atoms with Gasteiger partial charge in [0.2, 0.25) is 0 Å². The van der Waals surface area contributed by atoms with Crippen LogP contribution in [0.3, 0.4) is 0 Å². The number of nitrogens with zero attached hydrogens (tertiary/aromatic N) is 1. The molecule has 2 saturated heterocycles. The van der Waals surface area contributed by atoms with E-state index in [-0.39, 0.29) is 6.04 Å². The Labute approximate surface area is 119 Å². The van der Waals surface area contributed by atoms with Gasteiger partial charge in [-0.1, -0.05) is 0 Å². The molecule has 4 heteroatoms. The third-order valence-corrected chi connectivity index (χ3v) is 5.25. The first-order chi connectivity index (χ1) is 9.25. The Balaban J connectivity index is 1.73. The number of thiophene rings is 1. The topological polar surface area (TPSA) is 32.3 Å². The van der Waals surface area contributed by atoms with Gasteiger partial charge in [-0.15, -0.1) is 11.3 Å². The maximum atomic E-state index is 12.7. The molecule has 1 unspecified atom stereocenters. The summed E-state index contributed by atoms with van der Waals surface area (Å²) >= 11 is 1.68. The normalized spacial score (nSPS) is 25.8. The molecule has 1 aromatic heterocycles. The first-order valence-corrected chi connectivity index (χ1v) is 8.19. The molecule has 2 aliphatic rings. The van der Waals surface area contributed by atoms with Gasteiger partial charge in [0.15, 0.2) is 5.78 Å². The highest BCUT2D eigenvalue weighted by molar-refractivity contribution is 7.10. The molecule has 0 aliphatic carbocycles. The first-order valence-electron chi connectivity index (χ1n) is 7.31. The molecule has 1 N–H and O–H groups in total. The van der Waals surface area contributed by atoms with Gasteiger partial charge in [-0.05, 0) is 58.3 Å². The van der Waals surface area contributed by atoms with Crippen LogP contribution in [-0.4, -0.2) is 42.4 Å². The van der Waals surface area contributed by atoms with Crippen LogP contribution < -0.4 is 5.32 Å². The lowest BCUT2D eigenvalue weighted by Gasteiger charge is -2.35. The summed E-state index contributed by atoms with van der Waals surface area (Å²) < 4.78 is 0. The van der Waals surface area contributed by atoms with Crippen molar-refractivity contribution in [3.8, 4) is 0 Å². The van der Waals surface area contributed by atoms with Crippen molar-refractivity contribution in [3.05, 3.63) is 21.9 Å². The van der Waals surface area contributed by atoms with E-state index in [1.807, 2.05) is 11.4 Å². The third-order valence-electron chi connectivity index (χ3n) is 4.39. The zero-order chi connectivity index (χ0) is 13.2. The van der Waals surface area contributed by atoms with Crippen molar-refractivity contribution in [2.24, 2.45) is 0 Å². The lowest BCUT2D eigenvalue weighted by atomic mass is 10.00. The van der Waals surface area contributed by atoms with E-state index in [0.29, 0.717) is 11.8 Å². The third kappa shape index (κ3) is 2.76. The molecule has 3 rings (SSSR count). The van der Waals surface area contributed by atoms with Crippen LogP contribution in [-0.2, 0) is 0 Å². The largest absolute Gasteiger partial charge is 0.317 e. The monoisotopic (exact) mass is 278 g/mol. The molecule has 0 bridgehead atoms. The van der Waals surface area contributed by atoms with Crippen molar-refractivity contribution in [1.29, 1.82) is 0 Å². The summed E-state index contributed by atoms with van der Waals surface area (Å²) in [5, 5.41) is 5.43. The van der Waals surface area contributed by atoms with Crippen molar-refractivity contribution in [3.63, 3.8) is 0 Å². The number of nitrogens with one attached hydrogen (secondary N) is 1. The molecule has 0 radical (unpaired) electrons. The SMILES string of the molecule is Cc1cc(C(=O)C2CCCN2C2CCNCC2)cs1. The molecule has 3 nitrogen and oxygen atoms in total. The van der Waals surface area contributed by atoms with Crippen molar-refractivity contribution in [2.45, 2.75) is 44.7 Å². The van der Waals surface area contributed by atoms with Gasteiger partial charge in [-0.25, -0.2) is 0 Å². The summed E-state index contributed by atoms with van der Waals surface area (Å²) in [6.45, 7) is 5.37. The Bertz CT molecular complexity index is 451. The van der Waals surface area contributed by atoms with Crippen LogP contribution in [0, 0.1) is 6.92 Å². The second kappa shape index (κ2) is 5.73. The fourth-order valence-corrected chi connectivity index (χ4v) is 4.10. The van der Waals surface area contributed by atoms with Gasteiger partial charge < -0.3 is 5.32 Å². The predicted molar refractivity (Wildman–Crippen MR) is 79.0 cm³/mol. The molecule has 104 valence electrons. The van der Waals surface area contributed by atoms with Crippen molar-refractivity contribution >= 4 is 17.1 Å². The van der Waals surface area contributed by atoms with Gasteiger partial charge in [0, 0.05) is 21.9 Å². The quantitative estimate of drug-likeness (QED) is 0.862. The molecule has 0 aromatic carbocycles. The second-order valence-corrected chi connectivity index (χ2v) is 6.80. The van der Waals surface area contributed by atoms with E-state index in [2.05, 4.69) is 17.1 Å². The predicted octanol–water partition coefficient (Wildman–Crippen LogP) is 2.46. The summed E-state index contributed by atoms with van der Waals surface area (Å²) in [5.41, 5.74) is 0.924. The van der Waals surface area contributed by atoms with E-state index < -0.39 is 0 Å². The maximum absolute atomic E-state index is 12.7. The number of carbonyl (C=O) groups excluding carboxylic acids is 1. The molecule has 19 heavy (non-hydrogen) atoms. The zero-order valence-corrected chi connectivity index (χ0v) is 12.3. The van der Waals surface area contributed by atoms with Gasteiger partial charge in [0.1, 0.15) is 0 Å². The van der Waals surface area contributed by atoms with Crippen LogP contribution in [0.4, 0.5) is 0 Å². The second-order valence-electron chi connectivity index (χ2n) is 5.69. The van der Waals surface area contributed by atoms with E-state index in [9.17, 15) is 4.79 Å². The van der Waals surface area contributed by atoms with Crippen LogP contribution >= 0.6 is 11.3 Å². The average Bonchev–Trinajstić information content (AvgIpc) is 3.07. The Morgan fingerprint density at radius 1 is 1.37 bits per heavy atom. The number of Topliss-reactive ketones (excluding diaryl/α,β-unsaturated/α-hetero) is 1. The van der Waals surface area contributed by atoms with E-state index in [1.54, 1.807) is 11.3 Å². The first kappa shape index (κ1) is 13.3. The number of aryl methyl sites for hydroxylation is 1. The van der Waals surface area contributed by atoms with Gasteiger partial charge in [-0.2, -0.15) is 0 Å². The molecule has 2 fully saturated rings. The maximum Gasteiger partial charge on any atom is 0.180 e. The number of hydrogen-bond acceptors (Lipinski definition) is 4. The Kier molecular flexibility index (Phi) is 4.01. The van der Waals surface area contributed by atoms with Gasteiger partial charge >= 0.3 is 0 Å². The highest BCUT2D eigenvalue weighted by Crippen LogP contribution is 2.28. The summed E-state index contributed by atoms with van der Waals surface area (Å²) in [6.07, 6.45) is 4.58. The van der Waals surface area contributed by atoms with E-state index in [1.165, 1.54) is 24.1 Å². The summed E-state index contributed by atoms with van der Waals surface area (Å²) in [7, 11) is 0. The number of hydrogen-bond donors (Lipinski definition) is 1. The van der Waals surface area contributed by atoms with Crippen LogP contribution in [0.2, 0.25) is 0 Å². The molecule has 3 heterocycles. The Hall–Kier alpha value is -0.710. The number of carbonyl (C=O) groups is 1. The van der Waals surface area contributed by atoms with Crippen LogP contribution in [0.1, 0.15) is 40.9 Å². The molecular formula is C15H22N2OS. The molecule has 1 aromatic rings. The summed E-state index contributed by atoms with van der Waals surface area (Å²) in [4.78, 5) is 16.4. The zero-order valence-electron chi connectivity index (χ0n) is 11.5. The van der Waals surface area contributed by atoms with Crippen LogP contribution in [0.25, 0.3) is 0 Å². The number of likely N-dealkylation sites (tertiary alicyclic amines) is 1. The van der Waals surface area contributed by atoms with Gasteiger partial charge in [0.25, 0.3) is 0 Å². The van der Waals surface area contributed by atoms with Gasteiger partial charge in [-0.3, -0.25) is 9.69 Å². The van der Waals surface area contributed by atoms with Crippen LogP contribution in [0.5, 0.6) is 0 Å². The summed E-state index contributed by atoms with van der Waals surface area (Å²) in [5.74, 6) is 0.348. The molecule has 2 aliphatic heterocycles. The number of ketones is 1. The van der Waals surface area contributed by atoms with Crippen molar-refractivity contribution in [1.82, 2.24) is 10.2 Å². The smallest absolute Gasteiger partial charge is 0.180 e. The minimum absolute atomic E-state index is 0.136. The number of piperidine rings is 1. The Morgan fingerprint density at radius 3 is 2.84 bits per heavy atom. The van der Waals surface area contributed by atoms with Crippen molar-refractivity contribution < 1.29 is 4.79 Å². The molecular weight excluding hydrogens is 256 g/mol. The molecule has 0 amide bonds. The molecule has 0 spiro atoms. The van der Waals surface area contributed by atoms with Gasteiger partial charge in [0.05, 0.1) is 6.04 Å². The molecule has 0 saturated carbocycles. The lowest BCUT2D eigenvalue weighted by Crippen LogP contribution is -2.47. The number of rotatable bonds is 3. The highest BCUT2D eigenvalue weighted by Gasteiger charge is 2.36. The fraction of sp³-hybridized carbons (Fsp3) is 0.667. The minimum Gasteiger partial charge on any atom is -0.317 e. The van der Waals surface area contributed by atoms with E-state index >= 15 is 0 Å². The standard InChI is InChI=1S/C15H22N2OS/c1-11-9-12(10-19-11)15(18)14-3-2-8-17(14)13-4-6-16-7-5-13/h9-10,13-14,16H,2-8H2,1H3. The van der Waals surface area contributed by atoms with E-state index in [0.717, 1.165) is 31.6 Å². The Morgan fingerprint density at radius 2 is 2.16 bits per heavy atom. The summed E-state index contributed by atoms with van der Waals surface area (Å²) in [6, 6.07) is 2.79. The van der Waals surface area contributed by atoms with E-state index in [4.69, 9.17) is 0 Å². The molecule has 1 atom stereocenters. The van der Waals surface area contributed by atoms with Crippen LogP contribution in [0.15, 0.2) is 11.4 Å². The average molecular weight is 278 g/mol. The minimum atomic E-state index is 0.136.